The zero-order valence-electron chi connectivity index (χ0n) is 12.1. The molecule has 1 aromatic heterocycles. The molecule has 2 aromatic rings. The highest BCUT2D eigenvalue weighted by Gasteiger charge is 2.09. The molecule has 0 atom stereocenters. The van der Waals surface area contributed by atoms with Crippen molar-refractivity contribution in [3.63, 3.8) is 0 Å². The molecule has 0 aliphatic carbocycles. The lowest BCUT2D eigenvalue weighted by molar-refractivity contribution is 0.0946. The summed E-state index contributed by atoms with van der Waals surface area (Å²) in [6, 6.07) is 11.9. The maximum atomic E-state index is 12.0. The summed E-state index contributed by atoms with van der Waals surface area (Å²) in [6.45, 7) is 2.73. The molecule has 0 bridgehead atoms. The van der Waals surface area contributed by atoms with Gasteiger partial charge < -0.3 is 5.32 Å². The van der Waals surface area contributed by atoms with Gasteiger partial charge >= 0.3 is 0 Å². The fraction of sp³-hybridized carbons (Fsp3) is 0.312. The van der Waals surface area contributed by atoms with Crippen LogP contribution in [0.5, 0.6) is 0 Å². The molecule has 2 rings (SSSR count). The summed E-state index contributed by atoms with van der Waals surface area (Å²) in [5.74, 6) is -0.254. The topological polar surface area (TPSA) is 64.0 Å². The summed E-state index contributed by atoms with van der Waals surface area (Å²) < 4.78 is 1.24. The first-order valence-corrected chi connectivity index (χ1v) is 7.16. The summed E-state index contributed by atoms with van der Waals surface area (Å²) >= 11 is 0. The first-order chi connectivity index (χ1) is 10.2. The summed E-state index contributed by atoms with van der Waals surface area (Å²) in [5.41, 5.74) is 0.627. The van der Waals surface area contributed by atoms with Crippen LogP contribution in [-0.4, -0.2) is 22.2 Å². The van der Waals surface area contributed by atoms with E-state index in [1.807, 2.05) is 18.2 Å². The first kappa shape index (κ1) is 15.0. The number of aromatic nitrogens is 2. The maximum absolute atomic E-state index is 12.0. The zero-order chi connectivity index (χ0) is 15.1. The number of benzene rings is 1. The van der Waals surface area contributed by atoms with E-state index < -0.39 is 0 Å². The summed E-state index contributed by atoms with van der Waals surface area (Å²) in [7, 11) is 0. The number of carbonyl (C=O) groups is 1. The molecule has 0 radical (unpaired) electrons. The van der Waals surface area contributed by atoms with Crippen molar-refractivity contribution in [1.82, 2.24) is 15.1 Å². The first-order valence-electron chi connectivity index (χ1n) is 7.16. The second-order valence-corrected chi connectivity index (χ2v) is 4.77. The lowest BCUT2D eigenvalue weighted by atomic mass is 10.2. The lowest BCUT2D eigenvalue weighted by Crippen LogP contribution is -2.29. The maximum Gasteiger partial charge on any atom is 0.271 e. The van der Waals surface area contributed by atoms with Crippen molar-refractivity contribution in [1.29, 1.82) is 0 Å². The van der Waals surface area contributed by atoms with E-state index >= 15 is 0 Å². The van der Waals surface area contributed by atoms with Crippen molar-refractivity contribution in [3.8, 4) is 5.69 Å². The van der Waals surface area contributed by atoms with Crippen LogP contribution in [-0.2, 0) is 0 Å². The number of hydrogen-bond acceptors (Lipinski definition) is 3. The van der Waals surface area contributed by atoms with E-state index in [1.54, 1.807) is 12.1 Å². The van der Waals surface area contributed by atoms with Crippen LogP contribution in [0.2, 0.25) is 0 Å². The number of amides is 1. The van der Waals surface area contributed by atoms with Gasteiger partial charge in [-0.05, 0) is 24.6 Å². The molecule has 5 nitrogen and oxygen atoms in total. The fourth-order valence-electron chi connectivity index (χ4n) is 1.95. The summed E-state index contributed by atoms with van der Waals surface area (Å²) in [5, 5.41) is 6.95. The van der Waals surface area contributed by atoms with E-state index in [9.17, 15) is 9.59 Å². The number of hydrogen-bond donors (Lipinski definition) is 1. The highest BCUT2D eigenvalue weighted by atomic mass is 16.2. The Balaban J connectivity index is 2.15. The van der Waals surface area contributed by atoms with Gasteiger partial charge in [-0.2, -0.15) is 9.78 Å². The van der Waals surface area contributed by atoms with Crippen LogP contribution >= 0.6 is 0 Å². The number of unbranched alkanes of at least 4 members (excludes halogenated alkanes) is 2. The normalized spacial score (nSPS) is 10.3. The predicted octanol–water partition coefficient (Wildman–Crippen LogP) is 2.15. The molecule has 110 valence electrons. The van der Waals surface area contributed by atoms with Gasteiger partial charge in [0.2, 0.25) is 0 Å². The molecule has 0 aliphatic rings. The zero-order valence-corrected chi connectivity index (χ0v) is 12.1. The highest BCUT2D eigenvalue weighted by Crippen LogP contribution is 2.02. The average Bonchev–Trinajstić information content (AvgIpc) is 2.52. The van der Waals surface area contributed by atoms with Crippen LogP contribution in [0.3, 0.4) is 0 Å². The van der Waals surface area contributed by atoms with Gasteiger partial charge in [0.25, 0.3) is 11.5 Å². The van der Waals surface area contributed by atoms with Gasteiger partial charge in [-0.25, -0.2) is 0 Å². The highest BCUT2D eigenvalue weighted by molar-refractivity contribution is 5.92. The lowest BCUT2D eigenvalue weighted by Gasteiger charge is -2.07. The minimum Gasteiger partial charge on any atom is -0.351 e. The number of para-hydroxylation sites is 1. The smallest absolute Gasteiger partial charge is 0.271 e. The second-order valence-electron chi connectivity index (χ2n) is 4.77. The van der Waals surface area contributed by atoms with Crippen LogP contribution in [0.25, 0.3) is 5.69 Å². The molecule has 0 saturated carbocycles. The molecule has 0 aliphatic heterocycles. The molecule has 1 N–H and O–H groups in total. The third kappa shape index (κ3) is 4.02. The van der Waals surface area contributed by atoms with E-state index in [0.717, 1.165) is 19.3 Å². The third-order valence-electron chi connectivity index (χ3n) is 3.10. The molecule has 1 heterocycles. The van der Waals surface area contributed by atoms with Crippen molar-refractivity contribution < 1.29 is 4.79 Å². The van der Waals surface area contributed by atoms with E-state index in [4.69, 9.17) is 0 Å². The Morgan fingerprint density at radius 2 is 1.90 bits per heavy atom. The van der Waals surface area contributed by atoms with Gasteiger partial charge in [-0.15, -0.1) is 0 Å². The molecule has 1 aromatic carbocycles. The quantitative estimate of drug-likeness (QED) is 0.827. The molecule has 0 unspecified atom stereocenters. The molecule has 5 heteroatoms. The molecule has 0 saturated heterocycles. The standard InChI is InChI=1S/C16H19N3O2/c1-2-3-7-12-17-16(21)14-10-11-15(20)19(18-14)13-8-5-4-6-9-13/h4-6,8-11H,2-3,7,12H2,1H3,(H,17,21). The second kappa shape index (κ2) is 7.38. The van der Waals surface area contributed by atoms with Crippen LogP contribution in [0, 0.1) is 0 Å². The molecular formula is C16H19N3O2. The number of carbonyl (C=O) groups excluding carboxylic acids is 1. The van der Waals surface area contributed by atoms with E-state index in [-0.39, 0.29) is 17.2 Å². The van der Waals surface area contributed by atoms with Gasteiger partial charge in [-0.1, -0.05) is 38.0 Å². The number of nitrogens with zero attached hydrogens (tertiary/aromatic N) is 2. The minimum atomic E-state index is -0.260. The number of nitrogens with one attached hydrogen (secondary N) is 1. The Kier molecular flexibility index (Phi) is 5.26. The predicted molar refractivity (Wildman–Crippen MR) is 81.7 cm³/mol. The van der Waals surface area contributed by atoms with E-state index in [2.05, 4.69) is 17.3 Å². The molecular weight excluding hydrogens is 266 g/mol. The largest absolute Gasteiger partial charge is 0.351 e. The van der Waals surface area contributed by atoms with Crippen LogP contribution < -0.4 is 10.9 Å². The minimum absolute atomic E-state index is 0.245. The fourth-order valence-corrected chi connectivity index (χ4v) is 1.95. The van der Waals surface area contributed by atoms with Gasteiger partial charge in [-0.3, -0.25) is 9.59 Å². The van der Waals surface area contributed by atoms with Crippen molar-refractivity contribution >= 4 is 5.91 Å². The third-order valence-corrected chi connectivity index (χ3v) is 3.10. The Morgan fingerprint density at radius 1 is 1.14 bits per heavy atom. The van der Waals surface area contributed by atoms with Gasteiger partial charge in [0, 0.05) is 12.6 Å². The van der Waals surface area contributed by atoms with Crippen molar-refractivity contribution in [2.75, 3.05) is 6.54 Å². The van der Waals surface area contributed by atoms with Gasteiger partial charge in [0.05, 0.1) is 5.69 Å². The summed E-state index contributed by atoms with van der Waals surface area (Å²) in [4.78, 5) is 23.9. The molecule has 1 amide bonds. The van der Waals surface area contributed by atoms with E-state index in [0.29, 0.717) is 12.2 Å². The van der Waals surface area contributed by atoms with Gasteiger partial charge in [0.1, 0.15) is 5.69 Å². The Labute approximate surface area is 123 Å². The Hall–Kier alpha value is -2.43. The monoisotopic (exact) mass is 285 g/mol. The van der Waals surface area contributed by atoms with Crippen LogP contribution in [0.15, 0.2) is 47.3 Å². The molecule has 0 spiro atoms. The molecule has 21 heavy (non-hydrogen) atoms. The van der Waals surface area contributed by atoms with Gasteiger partial charge in [0.15, 0.2) is 0 Å². The van der Waals surface area contributed by atoms with Crippen molar-refractivity contribution in [2.45, 2.75) is 26.2 Å². The SMILES string of the molecule is CCCCCNC(=O)c1ccc(=O)n(-c2ccccc2)n1. The Bertz CT molecular complexity index is 650. The van der Waals surface area contributed by atoms with E-state index in [1.165, 1.54) is 16.8 Å². The Morgan fingerprint density at radius 3 is 2.62 bits per heavy atom. The van der Waals surface area contributed by atoms with Crippen molar-refractivity contribution in [3.05, 3.63) is 58.5 Å². The summed E-state index contributed by atoms with van der Waals surface area (Å²) in [6.07, 6.45) is 3.13. The van der Waals surface area contributed by atoms with Crippen LogP contribution in [0.1, 0.15) is 36.7 Å². The van der Waals surface area contributed by atoms with Crippen LogP contribution in [0.4, 0.5) is 0 Å². The van der Waals surface area contributed by atoms with Crippen molar-refractivity contribution in [2.24, 2.45) is 0 Å². The number of rotatable bonds is 6. The molecule has 0 fully saturated rings. The average molecular weight is 285 g/mol.